The van der Waals surface area contributed by atoms with Crippen LogP contribution in [0.4, 0.5) is 5.69 Å². The molecule has 1 aromatic heterocycles. The molecule has 1 aliphatic heterocycles. The first kappa shape index (κ1) is 19.4. The van der Waals surface area contributed by atoms with Gasteiger partial charge in [-0.1, -0.05) is 35.0 Å². The molecule has 1 aliphatic rings. The van der Waals surface area contributed by atoms with Crippen molar-refractivity contribution in [2.45, 2.75) is 31.6 Å². The van der Waals surface area contributed by atoms with E-state index < -0.39 is 5.41 Å². The number of furan rings is 1. The van der Waals surface area contributed by atoms with E-state index in [1.54, 1.807) is 24.3 Å². The van der Waals surface area contributed by atoms with Gasteiger partial charge in [-0.15, -0.1) is 0 Å². The van der Waals surface area contributed by atoms with Gasteiger partial charge in [-0.3, -0.25) is 19.7 Å². The Morgan fingerprint density at radius 3 is 2.62 bits per heavy atom. The van der Waals surface area contributed by atoms with Gasteiger partial charge in [0, 0.05) is 22.0 Å². The van der Waals surface area contributed by atoms with E-state index in [-0.39, 0.29) is 23.5 Å². The first-order chi connectivity index (χ1) is 13.9. The highest BCUT2D eigenvalue weighted by atomic mass is 79.9. The molecule has 2 N–H and O–H groups in total. The van der Waals surface area contributed by atoms with Crippen LogP contribution in [0.5, 0.6) is 0 Å². The minimum Gasteiger partial charge on any atom is -0.451 e. The molecule has 3 aromatic rings. The van der Waals surface area contributed by atoms with Crippen molar-refractivity contribution in [3.05, 3.63) is 64.3 Å². The van der Waals surface area contributed by atoms with Gasteiger partial charge in [0.15, 0.2) is 5.76 Å². The molecule has 0 bridgehead atoms. The number of piperidine rings is 1. The van der Waals surface area contributed by atoms with Crippen LogP contribution in [0.15, 0.2) is 57.4 Å². The maximum Gasteiger partial charge on any atom is 0.291 e. The molecule has 1 saturated heterocycles. The van der Waals surface area contributed by atoms with Crippen LogP contribution in [0.1, 0.15) is 42.3 Å². The summed E-state index contributed by atoms with van der Waals surface area (Å²) >= 11 is 3.40. The van der Waals surface area contributed by atoms with Crippen LogP contribution in [0, 0.1) is 0 Å². The molecule has 0 aliphatic carbocycles. The van der Waals surface area contributed by atoms with E-state index in [1.807, 2.05) is 31.2 Å². The van der Waals surface area contributed by atoms with Crippen LogP contribution in [-0.2, 0) is 15.0 Å². The Morgan fingerprint density at radius 1 is 1.17 bits per heavy atom. The molecule has 2 aromatic carbocycles. The summed E-state index contributed by atoms with van der Waals surface area (Å²) in [6.07, 6.45) is 1.39. The second-order valence-electron chi connectivity index (χ2n) is 7.14. The molecule has 4 rings (SSSR count). The number of imide groups is 1. The first-order valence-corrected chi connectivity index (χ1v) is 10.2. The molecular weight excluding hydrogens is 436 g/mol. The molecule has 0 unspecified atom stereocenters. The monoisotopic (exact) mass is 454 g/mol. The fourth-order valence-corrected chi connectivity index (χ4v) is 4.14. The van der Waals surface area contributed by atoms with Gasteiger partial charge < -0.3 is 9.73 Å². The zero-order chi connectivity index (χ0) is 20.6. The third-order valence-electron chi connectivity index (χ3n) is 5.47. The second-order valence-corrected chi connectivity index (χ2v) is 8.05. The summed E-state index contributed by atoms with van der Waals surface area (Å²) in [6, 6.07) is 14.4. The number of benzene rings is 2. The third kappa shape index (κ3) is 3.58. The largest absolute Gasteiger partial charge is 0.451 e. The van der Waals surface area contributed by atoms with Gasteiger partial charge in [0.25, 0.3) is 5.91 Å². The van der Waals surface area contributed by atoms with Gasteiger partial charge in [-0.25, -0.2) is 0 Å². The molecule has 1 atom stereocenters. The molecule has 0 saturated carbocycles. The minimum atomic E-state index is -0.720. The highest BCUT2D eigenvalue weighted by molar-refractivity contribution is 9.10. The summed E-state index contributed by atoms with van der Waals surface area (Å²) in [6.45, 7) is 1.94. The molecule has 2 heterocycles. The minimum absolute atomic E-state index is 0.220. The predicted molar refractivity (Wildman–Crippen MR) is 113 cm³/mol. The molecule has 1 fully saturated rings. The summed E-state index contributed by atoms with van der Waals surface area (Å²) in [5, 5.41) is 6.09. The molecule has 0 radical (unpaired) electrons. The van der Waals surface area contributed by atoms with Crippen LogP contribution in [0.2, 0.25) is 0 Å². The predicted octanol–water partition coefficient (Wildman–Crippen LogP) is 4.53. The second kappa shape index (κ2) is 7.48. The van der Waals surface area contributed by atoms with Crippen LogP contribution in [0.3, 0.4) is 0 Å². The van der Waals surface area contributed by atoms with Gasteiger partial charge in [0.05, 0.1) is 5.41 Å². The average molecular weight is 455 g/mol. The molecule has 7 heteroatoms. The zero-order valence-corrected chi connectivity index (χ0v) is 17.3. The molecule has 3 amide bonds. The Balaban J connectivity index is 1.53. The van der Waals surface area contributed by atoms with Gasteiger partial charge in [-0.2, -0.15) is 0 Å². The van der Waals surface area contributed by atoms with Gasteiger partial charge in [0.2, 0.25) is 11.8 Å². The number of rotatable bonds is 4. The maximum absolute atomic E-state index is 12.5. The third-order valence-corrected chi connectivity index (χ3v) is 5.96. The summed E-state index contributed by atoms with van der Waals surface area (Å²) in [7, 11) is 0. The number of carbonyl (C=O) groups is 3. The van der Waals surface area contributed by atoms with Crippen molar-refractivity contribution in [1.29, 1.82) is 0 Å². The highest BCUT2D eigenvalue weighted by Crippen LogP contribution is 2.36. The maximum atomic E-state index is 12.5. The van der Waals surface area contributed by atoms with E-state index in [0.29, 0.717) is 30.5 Å². The van der Waals surface area contributed by atoms with Crippen molar-refractivity contribution in [2.24, 2.45) is 0 Å². The highest BCUT2D eigenvalue weighted by Gasteiger charge is 2.42. The number of amides is 3. The number of hydrogen-bond donors (Lipinski definition) is 2. The topological polar surface area (TPSA) is 88.4 Å². The summed E-state index contributed by atoms with van der Waals surface area (Å²) in [5.41, 5.74) is 1.34. The van der Waals surface area contributed by atoms with E-state index in [9.17, 15) is 14.4 Å². The van der Waals surface area contributed by atoms with Crippen LogP contribution in [-0.4, -0.2) is 17.7 Å². The van der Waals surface area contributed by atoms with E-state index in [4.69, 9.17) is 4.42 Å². The SMILES string of the molecule is CC[C@]1(c2ccc(NC(=O)c3cc4cc(Br)ccc4o3)cc2)CCC(=O)NC1=O. The Bertz CT molecular complexity index is 1120. The number of nitrogens with one attached hydrogen (secondary N) is 2. The van der Waals surface area contributed by atoms with Gasteiger partial charge >= 0.3 is 0 Å². The summed E-state index contributed by atoms with van der Waals surface area (Å²) in [5.74, 6) is -0.629. The molecular formula is C22H19BrN2O4. The Labute approximate surface area is 175 Å². The van der Waals surface area contributed by atoms with Gasteiger partial charge in [0.1, 0.15) is 5.58 Å². The smallest absolute Gasteiger partial charge is 0.291 e. The van der Waals surface area contributed by atoms with Crippen molar-refractivity contribution >= 4 is 50.3 Å². The first-order valence-electron chi connectivity index (χ1n) is 9.36. The van der Waals surface area contributed by atoms with Crippen LogP contribution in [0.25, 0.3) is 11.0 Å². The lowest BCUT2D eigenvalue weighted by Gasteiger charge is -2.35. The Kier molecular flexibility index (Phi) is 5.00. The zero-order valence-electron chi connectivity index (χ0n) is 15.8. The van der Waals surface area contributed by atoms with Crippen LogP contribution >= 0.6 is 15.9 Å². The van der Waals surface area contributed by atoms with Crippen molar-refractivity contribution in [3.8, 4) is 0 Å². The molecule has 148 valence electrons. The summed E-state index contributed by atoms with van der Waals surface area (Å²) in [4.78, 5) is 36.6. The van der Waals surface area contributed by atoms with E-state index in [1.165, 1.54) is 0 Å². The molecule has 29 heavy (non-hydrogen) atoms. The number of fused-ring (bicyclic) bond motifs is 1. The summed E-state index contributed by atoms with van der Waals surface area (Å²) < 4.78 is 6.52. The van der Waals surface area contributed by atoms with Gasteiger partial charge in [-0.05, 0) is 54.8 Å². The number of anilines is 1. The Morgan fingerprint density at radius 2 is 1.93 bits per heavy atom. The van der Waals surface area contributed by atoms with Crippen molar-refractivity contribution in [2.75, 3.05) is 5.32 Å². The Hall–Kier alpha value is -2.93. The average Bonchev–Trinajstić information content (AvgIpc) is 3.13. The molecule has 0 spiro atoms. The number of halogens is 1. The lowest BCUT2D eigenvalue weighted by molar-refractivity contribution is -0.138. The van der Waals surface area contributed by atoms with Crippen molar-refractivity contribution < 1.29 is 18.8 Å². The van der Waals surface area contributed by atoms with Crippen molar-refractivity contribution in [3.63, 3.8) is 0 Å². The standard InChI is InChI=1S/C22H19BrN2O4/c1-2-22(10-9-19(26)25-21(22)28)14-3-6-16(7-4-14)24-20(27)18-12-13-11-15(23)5-8-17(13)29-18/h3-8,11-12H,2,9-10H2,1H3,(H,24,27)(H,25,26,28)/t22-/m1/s1. The van der Waals surface area contributed by atoms with E-state index in [0.717, 1.165) is 15.4 Å². The lowest BCUT2D eigenvalue weighted by atomic mass is 9.72. The van der Waals surface area contributed by atoms with E-state index in [2.05, 4.69) is 26.6 Å². The normalized spacial score (nSPS) is 19.2. The quantitative estimate of drug-likeness (QED) is 0.566. The van der Waals surface area contributed by atoms with E-state index >= 15 is 0 Å². The number of carbonyl (C=O) groups excluding carboxylic acids is 3. The number of hydrogen-bond acceptors (Lipinski definition) is 4. The fourth-order valence-electron chi connectivity index (χ4n) is 3.76. The van der Waals surface area contributed by atoms with Crippen LogP contribution < -0.4 is 10.6 Å². The molecule has 6 nitrogen and oxygen atoms in total. The lowest BCUT2D eigenvalue weighted by Crippen LogP contribution is -2.51. The fraction of sp³-hybridized carbons (Fsp3) is 0.227. The van der Waals surface area contributed by atoms with Crippen molar-refractivity contribution in [1.82, 2.24) is 5.32 Å².